The normalized spacial score (nSPS) is 10.3. The lowest BCUT2D eigenvalue weighted by Gasteiger charge is -2.13. The van der Waals surface area contributed by atoms with Crippen molar-refractivity contribution in [2.75, 3.05) is 5.88 Å². The number of Topliss-reactive ketones (excluding diaryl/α,β-unsaturated/α-hetero) is 3. The molecule has 0 aliphatic carbocycles. The summed E-state index contributed by atoms with van der Waals surface area (Å²) in [6.07, 6.45) is 2.85. The molecule has 2 aromatic rings. The third kappa shape index (κ3) is 2.94. The van der Waals surface area contributed by atoms with Crippen LogP contribution in [0.4, 0.5) is 0 Å². The zero-order valence-corrected chi connectivity index (χ0v) is 12.8. The van der Waals surface area contributed by atoms with Gasteiger partial charge in [-0.05, 0) is 26.0 Å². The Hall–Kier alpha value is -2.40. The van der Waals surface area contributed by atoms with Crippen LogP contribution in [0.1, 0.15) is 44.9 Å². The molecule has 0 atom stereocenters. The van der Waals surface area contributed by atoms with Crippen LogP contribution in [0.5, 0.6) is 0 Å². The first-order valence-corrected chi connectivity index (χ1v) is 7.06. The smallest absolute Gasteiger partial charge is 0.180 e. The highest BCUT2D eigenvalue weighted by Gasteiger charge is 2.25. The van der Waals surface area contributed by atoms with Crippen LogP contribution in [-0.4, -0.2) is 33.2 Å². The van der Waals surface area contributed by atoms with Crippen LogP contribution < -0.4 is 0 Å². The van der Waals surface area contributed by atoms with Crippen LogP contribution >= 0.6 is 11.6 Å². The molecule has 6 heteroatoms. The number of pyridine rings is 2. The SMILES string of the molecule is CC(=O)c1cnc(-c2ccccn2)c(C(=O)CCl)c1C(C)=O. The van der Waals surface area contributed by atoms with E-state index in [9.17, 15) is 14.4 Å². The third-order valence-electron chi connectivity index (χ3n) is 3.12. The average molecular weight is 317 g/mol. The van der Waals surface area contributed by atoms with Crippen molar-refractivity contribution in [3.05, 3.63) is 47.3 Å². The molecule has 0 spiro atoms. The molecule has 2 aromatic heterocycles. The van der Waals surface area contributed by atoms with Gasteiger partial charge in [-0.15, -0.1) is 11.6 Å². The van der Waals surface area contributed by atoms with Crippen molar-refractivity contribution < 1.29 is 14.4 Å². The van der Waals surface area contributed by atoms with Gasteiger partial charge in [0.2, 0.25) is 0 Å². The Morgan fingerprint density at radius 2 is 1.77 bits per heavy atom. The van der Waals surface area contributed by atoms with Crippen molar-refractivity contribution in [2.45, 2.75) is 13.8 Å². The van der Waals surface area contributed by atoms with Crippen molar-refractivity contribution >= 4 is 29.0 Å². The minimum Gasteiger partial charge on any atom is -0.294 e. The minimum atomic E-state index is -0.469. The molecule has 0 unspecified atom stereocenters. The van der Waals surface area contributed by atoms with E-state index in [0.717, 1.165) is 0 Å². The molecule has 0 bridgehead atoms. The fraction of sp³-hybridized carbons (Fsp3) is 0.188. The molecule has 0 aliphatic heterocycles. The van der Waals surface area contributed by atoms with Gasteiger partial charge in [0.1, 0.15) is 5.69 Å². The third-order valence-corrected chi connectivity index (χ3v) is 3.36. The molecule has 2 rings (SSSR count). The number of alkyl halides is 1. The van der Waals surface area contributed by atoms with E-state index < -0.39 is 11.6 Å². The van der Waals surface area contributed by atoms with Gasteiger partial charge in [-0.25, -0.2) is 0 Å². The Balaban J connectivity index is 2.86. The molecular weight excluding hydrogens is 304 g/mol. The lowest BCUT2D eigenvalue weighted by atomic mass is 9.93. The topological polar surface area (TPSA) is 77.0 Å². The average Bonchev–Trinajstić information content (AvgIpc) is 2.53. The molecule has 0 saturated carbocycles. The number of halogens is 1. The Labute approximate surface area is 132 Å². The number of carbonyl (C=O) groups excluding carboxylic acids is 3. The van der Waals surface area contributed by atoms with E-state index in [1.165, 1.54) is 20.0 Å². The molecule has 0 aliphatic rings. The first kappa shape index (κ1) is 16.0. The summed E-state index contributed by atoms with van der Waals surface area (Å²) in [5, 5.41) is 0. The fourth-order valence-electron chi connectivity index (χ4n) is 2.18. The molecule has 0 aromatic carbocycles. The van der Waals surface area contributed by atoms with E-state index in [1.54, 1.807) is 24.4 Å². The van der Waals surface area contributed by atoms with Crippen LogP contribution in [0, 0.1) is 0 Å². The highest BCUT2D eigenvalue weighted by molar-refractivity contribution is 6.32. The molecule has 0 amide bonds. The molecule has 0 radical (unpaired) electrons. The zero-order chi connectivity index (χ0) is 16.3. The Morgan fingerprint density at radius 1 is 1.05 bits per heavy atom. The first-order valence-electron chi connectivity index (χ1n) is 6.52. The summed E-state index contributed by atoms with van der Waals surface area (Å²) < 4.78 is 0. The highest BCUT2D eigenvalue weighted by Crippen LogP contribution is 2.26. The summed E-state index contributed by atoms with van der Waals surface area (Å²) in [5.74, 6) is -1.52. The number of hydrogen-bond acceptors (Lipinski definition) is 5. The van der Waals surface area contributed by atoms with E-state index in [2.05, 4.69) is 9.97 Å². The van der Waals surface area contributed by atoms with E-state index in [4.69, 9.17) is 11.6 Å². The predicted molar refractivity (Wildman–Crippen MR) is 82.5 cm³/mol. The number of aromatic nitrogens is 2. The van der Waals surface area contributed by atoms with Gasteiger partial charge in [0.25, 0.3) is 0 Å². The van der Waals surface area contributed by atoms with Crippen molar-refractivity contribution in [3.8, 4) is 11.4 Å². The second kappa shape index (κ2) is 6.58. The Kier molecular flexibility index (Phi) is 4.78. The largest absolute Gasteiger partial charge is 0.294 e. The summed E-state index contributed by atoms with van der Waals surface area (Å²) >= 11 is 5.66. The summed E-state index contributed by atoms with van der Waals surface area (Å²) in [6.45, 7) is 2.62. The predicted octanol–water partition coefficient (Wildman–Crippen LogP) is 2.97. The van der Waals surface area contributed by atoms with Gasteiger partial charge in [-0.2, -0.15) is 0 Å². The van der Waals surface area contributed by atoms with Crippen LogP contribution in [0.15, 0.2) is 30.6 Å². The van der Waals surface area contributed by atoms with Gasteiger partial charge in [0.05, 0.1) is 17.1 Å². The van der Waals surface area contributed by atoms with E-state index in [0.29, 0.717) is 5.69 Å². The second-order valence-electron chi connectivity index (χ2n) is 4.65. The first-order chi connectivity index (χ1) is 10.5. The standard InChI is InChI=1S/C16H13ClN2O3/c1-9(20)11-8-19-16(12-5-3-4-6-18-12)15(13(22)7-17)14(11)10(2)21/h3-6,8H,7H2,1-2H3. The van der Waals surface area contributed by atoms with Crippen LogP contribution in [0.3, 0.4) is 0 Å². The van der Waals surface area contributed by atoms with Gasteiger partial charge >= 0.3 is 0 Å². The summed E-state index contributed by atoms with van der Waals surface area (Å²) in [7, 11) is 0. The van der Waals surface area contributed by atoms with Crippen molar-refractivity contribution in [1.29, 1.82) is 0 Å². The van der Waals surface area contributed by atoms with Gasteiger partial charge < -0.3 is 0 Å². The summed E-state index contributed by atoms with van der Waals surface area (Å²) in [5.41, 5.74) is 0.901. The van der Waals surface area contributed by atoms with Crippen LogP contribution in [0.25, 0.3) is 11.4 Å². The van der Waals surface area contributed by atoms with Crippen molar-refractivity contribution in [1.82, 2.24) is 9.97 Å². The molecule has 112 valence electrons. The number of ketones is 3. The molecule has 0 fully saturated rings. The van der Waals surface area contributed by atoms with E-state index in [1.807, 2.05) is 0 Å². The maximum atomic E-state index is 12.2. The van der Waals surface area contributed by atoms with Gasteiger partial charge in [-0.1, -0.05) is 6.07 Å². The van der Waals surface area contributed by atoms with Gasteiger partial charge in [-0.3, -0.25) is 24.4 Å². The minimum absolute atomic E-state index is 0.0498. The lowest BCUT2D eigenvalue weighted by Crippen LogP contribution is -2.16. The highest BCUT2D eigenvalue weighted by atomic mass is 35.5. The fourth-order valence-corrected chi connectivity index (χ4v) is 2.31. The van der Waals surface area contributed by atoms with Gasteiger partial charge in [0, 0.05) is 23.5 Å². The molecule has 0 saturated heterocycles. The second-order valence-corrected chi connectivity index (χ2v) is 4.92. The van der Waals surface area contributed by atoms with Crippen molar-refractivity contribution in [3.63, 3.8) is 0 Å². The number of nitrogens with zero attached hydrogens (tertiary/aromatic N) is 2. The Bertz CT molecular complexity index is 757. The quantitative estimate of drug-likeness (QED) is 0.626. The van der Waals surface area contributed by atoms with Crippen LogP contribution in [0.2, 0.25) is 0 Å². The molecular formula is C16H13ClN2O3. The zero-order valence-electron chi connectivity index (χ0n) is 12.1. The van der Waals surface area contributed by atoms with E-state index >= 15 is 0 Å². The van der Waals surface area contributed by atoms with Gasteiger partial charge in [0.15, 0.2) is 17.3 Å². The van der Waals surface area contributed by atoms with Crippen LogP contribution in [-0.2, 0) is 0 Å². The maximum Gasteiger partial charge on any atom is 0.180 e. The maximum absolute atomic E-state index is 12.2. The van der Waals surface area contributed by atoms with E-state index in [-0.39, 0.29) is 34.0 Å². The number of rotatable bonds is 5. The Morgan fingerprint density at radius 3 is 2.27 bits per heavy atom. The number of hydrogen-bond donors (Lipinski definition) is 0. The van der Waals surface area contributed by atoms with Crippen molar-refractivity contribution in [2.24, 2.45) is 0 Å². The lowest BCUT2D eigenvalue weighted by molar-refractivity contribution is 0.0968. The molecule has 0 N–H and O–H groups in total. The molecule has 22 heavy (non-hydrogen) atoms. The summed E-state index contributed by atoms with van der Waals surface area (Å²) in [6, 6.07) is 5.14. The molecule has 5 nitrogen and oxygen atoms in total. The molecule has 2 heterocycles. The number of carbonyl (C=O) groups is 3. The monoisotopic (exact) mass is 316 g/mol. The summed E-state index contributed by atoms with van der Waals surface area (Å²) in [4.78, 5) is 44.3.